The number of piperazine rings is 1. The van der Waals surface area contributed by atoms with Gasteiger partial charge in [0.25, 0.3) is 0 Å². The predicted molar refractivity (Wildman–Crippen MR) is 87.5 cm³/mol. The number of anilines is 1. The first-order valence-electron chi connectivity index (χ1n) is 7.90. The zero-order valence-electron chi connectivity index (χ0n) is 14.2. The molecule has 6 nitrogen and oxygen atoms in total. The maximum absolute atomic E-state index is 6.00. The first-order chi connectivity index (χ1) is 10.3. The average Bonchev–Trinajstić information content (AvgIpc) is 2.68. The minimum absolute atomic E-state index is 0.352. The fraction of sp³-hybridized carbons (Fsp3) is 0.733. The van der Waals surface area contributed by atoms with Crippen LogP contribution in [0.5, 0.6) is 0 Å². The highest BCUT2D eigenvalue weighted by Crippen LogP contribution is 2.36. The minimum atomic E-state index is -0.445. The van der Waals surface area contributed by atoms with Crippen molar-refractivity contribution in [3.8, 4) is 0 Å². The van der Waals surface area contributed by atoms with Crippen LogP contribution in [0.3, 0.4) is 0 Å². The van der Waals surface area contributed by atoms with Gasteiger partial charge in [0.05, 0.1) is 23.0 Å². The van der Waals surface area contributed by atoms with Crippen molar-refractivity contribution in [3.05, 3.63) is 12.4 Å². The van der Waals surface area contributed by atoms with E-state index in [-0.39, 0.29) is 11.2 Å². The number of aromatic nitrogens is 2. The van der Waals surface area contributed by atoms with Gasteiger partial charge in [-0.05, 0) is 34.7 Å². The zero-order valence-corrected chi connectivity index (χ0v) is 14.2. The number of likely N-dealkylation sites (N-methyl/N-ethyl adjacent to an activating group) is 1. The van der Waals surface area contributed by atoms with E-state index in [1.807, 2.05) is 33.9 Å². The van der Waals surface area contributed by atoms with Crippen molar-refractivity contribution in [2.75, 3.05) is 38.1 Å². The molecule has 2 fully saturated rings. The first-order valence-corrected chi connectivity index (χ1v) is 7.90. The molecule has 0 radical (unpaired) electrons. The van der Waals surface area contributed by atoms with Crippen molar-refractivity contribution in [2.45, 2.75) is 38.9 Å². The molecule has 0 N–H and O–H groups in total. The molecule has 0 aromatic carbocycles. The average molecular weight is 304 g/mol. The van der Waals surface area contributed by atoms with Crippen molar-refractivity contribution in [2.24, 2.45) is 0 Å². The second kappa shape index (κ2) is 5.47. The lowest BCUT2D eigenvalue weighted by atomic mass is 9.85. The van der Waals surface area contributed by atoms with E-state index in [9.17, 15) is 0 Å². The minimum Gasteiger partial charge on any atom is -0.398 e. The highest BCUT2D eigenvalue weighted by atomic mass is 16.7. The summed E-state index contributed by atoms with van der Waals surface area (Å²) in [6, 6.07) is 0. The van der Waals surface area contributed by atoms with E-state index in [0.29, 0.717) is 0 Å². The van der Waals surface area contributed by atoms with Gasteiger partial charge in [0.1, 0.15) is 5.82 Å². The summed E-state index contributed by atoms with van der Waals surface area (Å²) in [6.07, 6.45) is 3.60. The molecule has 2 saturated heterocycles. The van der Waals surface area contributed by atoms with Crippen LogP contribution >= 0.6 is 0 Å². The third kappa shape index (κ3) is 2.85. The van der Waals surface area contributed by atoms with Crippen molar-refractivity contribution < 1.29 is 9.31 Å². The van der Waals surface area contributed by atoms with Crippen LogP contribution in [-0.2, 0) is 9.31 Å². The molecular weight excluding hydrogens is 279 g/mol. The molecule has 0 aliphatic carbocycles. The van der Waals surface area contributed by atoms with Gasteiger partial charge in [0.2, 0.25) is 0 Å². The Morgan fingerprint density at radius 1 is 0.955 bits per heavy atom. The molecule has 2 aliphatic heterocycles. The summed E-state index contributed by atoms with van der Waals surface area (Å²) in [5, 5.41) is 0. The molecule has 0 spiro atoms. The summed E-state index contributed by atoms with van der Waals surface area (Å²) in [6.45, 7) is 12.2. The molecule has 0 unspecified atom stereocenters. The van der Waals surface area contributed by atoms with Gasteiger partial charge in [-0.15, -0.1) is 0 Å². The van der Waals surface area contributed by atoms with E-state index in [1.165, 1.54) is 0 Å². The Balaban J connectivity index is 1.70. The second-order valence-corrected chi connectivity index (χ2v) is 7.18. The number of hydrogen-bond acceptors (Lipinski definition) is 6. The van der Waals surface area contributed by atoms with E-state index in [4.69, 9.17) is 9.31 Å². The van der Waals surface area contributed by atoms with Gasteiger partial charge in [0.15, 0.2) is 0 Å². The zero-order chi connectivity index (χ0) is 16.0. The fourth-order valence-corrected chi connectivity index (χ4v) is 2.62. The highest BCUT2D eigenvalue weighted by molar-refractivity contribution is 6.61. The first kappa shape index (κ1) is 15.7. The van der Waals surface area contributed by atoms with E-state index >= 15 is 0 Å². The van der Waals surface area contributed by atoms with E-state index in [1.54, 1.807) is 6.20 Å². The maximum Gasteiger partial charge on any atom is 0.516 e. The van der Waals surface area contributed by atoms with Crippen molar-refractivity contribution >= 4 is 18.5 Å². The summed E-state index contributed by atoms with van der Waals surface area (Å²) in [4.78, 5) is 13.7. The number of nitrogens with zero attached hydrogens (tertiary/aromatic N) is 4. The molecule has 1 aromatic heterocycles. The molecule has 3 heterocycles. The highest BCUT2D eigenvalue weighted by Gasteiger charge is 2.52. The Morgan fingerprint density at radius 3 is 2.05 bits per heavy atom. The number of hydrogen-bond donors (Lipinski definition) is 0. The Bertz CT molecular complexity index is 511. The van der Waals surface area contributed by atoms with Gasteiger partial charge < -0.3 is 19.1 Å². The summed E-state index contributed by atoms with van der Waals surface area (Å²) in [5.41, 5.74) is 0.0295. The lowest BCUT2D eigenvalue weighted by Gasteiger charge is -2.32. The summed E-state index contributed by atoms with van der Waals surface area (Å²) in [7, 11) is 1.70. The van der Waals surface area contributed by atoms with Crippen LogP contribution in [-0.4, -0.2) is 66.4 Å². The molecule has 0 amide bonds. The van der Waals surface area contributed by atoms with E-state index in [2.05, 4.69) is 26.8 Å². The van der Waals surface area contributed by atoms with Crippen LogP contribution in [0.1, 0.15) is 27.7 Å². The van der Waals surface area contributed by atoms with Crippen LogP contribution < -0.4 is 10.5 Å². The Kier molecular flexibility index (Phi) is 3.91. The fourth-order valence-electron chi connectivity index (χ4n) is 2.62. The largest absolute Gasteiger partial charge is 0.516 e. The smallest absolute Gasteiger partial charge is 0.398 e. The third-order valence-corrected chi connectivity index (χ3v) is 4.98. The van der Waals surface area contributed by atoms with Crippen LogP contribution in [0.25, 0.3) is 0 Å². The molecule has 7 heteroatoms. The summed E-state index contributed by atoms with van der Waals surface area (Å²) >= 11 is 0. The van der Waals surface area contributed by atoms with Crippen molar-refractivity contribution in [1.29, 1.82) is 0 Å². The lowest BCUT2D eigenvalue weighted by Crippen LogP contribution is -2.45. The predicted octanol–water partition coefficient (Wildman–Crippen LogP) is 0.528. The van der Waals surface area contributed by atoms with Gasteiger partial charge >= 0.3 is 7.12 Å². The standard InChI is InChI=1S/C15H25BN4O2/c1-14(2)15(3,4)22-16(21-14)12-10-18-13(11-17-12)20-8-6-19(5)7-9-20/h10-11H,6-9H2,1-5H3. The molecule has 22 heavy (non-hydrogen) atoms. The number of rotatable bonds is 2. The Morgan fingerprint density at radius 2 is 1.55 bits per heavy atom. The summed E-state index contributed by atoms with van der Waals surface area (Å²) in [5.74, 6) is 0.924. The van der Waals surface area contributed by atoms with Crippen molar-refractivity contribution in [1.82, 2.24) is 14.9 Å². The normalized spacial score (nSPS) is 24.8. The Labute approximate surface area is 133 Å². The molecular formula is C15H25BN4O2. The van der Waals surface area contributed by atoms with Gasteiger partial charge in [-0.3, -0.25) is 4.98 Å². The van der Waals surface area contributed by atoms with Crippen LogP contribution in [0.2, 0.25) is 0 Å². The van der Waals surface area contributed by atoms with E-state index in [0.717, 1.165) is 37.6 Å². The maximum atomic E-state index is 6.00. The lowest BCUT2D eigenvalue weighted by molar-refractivity contribution is 0.00578. The van der Waals surface area contributed by atoms with Crippen LogP contribution in [0, 0.1) is 0 Å². The van der Waals surface area contributed by atoms with Gasteiger partial charge in [-0.1, -0.05) is 0 Å². The molecule has 0 saturated carbocycles. The molecule has 120 valence electrons. The quantitative estimate of drug-likeness (QED) is 0.743. The Hall–Kier alpha value is -1.18. The second-order valence-electron chi connectivity index (χ2n) is 7.18. The topological polar surface area (TPSA) is 50.7 Å². The monoisotopic (exact) mass is 304 g/mol. The molecule has 3 rings (SSSR count). The molecule has 2 aliphatic rings. The van der Waals surface area contributed by atoms with Crippen LogP contribution in [0.15, 0.2) is 12.4 Å². The third-order valence-electron chi connectivity index (χ3n) is 4.98. The SMILES string of the molecule is CN1CCN(c2cnc(B3OC(C)(C)C(C)(C)O3)cn2)CC1. The van der Waals surface area contributed by atoms with Gasteiger partial charge in [0, 0.05) is 32.4 Å². The van der Waals surface area contributed by atoms with Gasteiger partial charge in [-0.2, -0.15) is 0 Å². The van der Waals surface area contributed by atoms with E-state index < -0.39 is 7.12 Å². The molecule has 1 aromatic rings. The van der Waals surface area contributed by atoms with Crippen LogP contribution in [0.4, 0.5) is 5.82 Å². The molecule has 0 atom stereocenters. The molecule has 0 bridgehead atoms. The van der Waals surface area contributed by atoms with Gasteiger partial charge in [-0.25, -0.2) is 4.98 Å². The summed E-state index contributed by atoms with van der Waals surface area (Å²) < 4.78 is 12.0. The van der Waals surface area contributed by atoms with Crippen molar-refractivity contribution in [3.63, 3.8) is 0 Å².